The van der Waals surface area contributed by atoms with Crippen molar-refractivity contribution in [2.24, 2.45) is 5.73 Å². The standard InChI is InChI=1S/C16H25N3O/c1-12(2)18-15(16(17)20)11-19-9-5-8-13-6-3-4-7-14(13)10-19/h3-4,6-7,12,15,18H,5,8-11H2,1-2H3,(H2,17,20). The van der Waals surface area contributed by atoms with Crippen LogP contribution >= 0.6 is 0 Å². The predicted molar refractivity (Wildman–Crippen MR) is 81.3 cm³/mol. The summed E-state index contributed by atoms with van der Waals surface area (Å²) >= 11 is 0. The van der Waals surface area contributed by atoms with E-state index in [1.54, 1.807) is 0 Å². The van der Waals surface area contributed by atoms with E-state index < -0.39 is 0 Å². The summed E-state index contributed by atoms with van der Waals surface area (Å²) in [4.78, 5) is 13.9. The highest BCUT2D eigenvalue weighted by molar-refractivity contribution is 5.80. The van der Waals surface area contributed by atoms with Crippen LogP contribution in [0, 0.1) is 0 Å². The van der Waals surface area contributed by atoms with E-state index in [1.165, 1.54) is 11.1 Å². The summed E-state index contributed by atoms with van der Waals surface area (Å²) < 4.78 is 0. The van der Waals surface area contributed by atoms with Gasteiger partial charge in [-0.3, -0.25) is 9.69 Å². The number of nitrogens with two attached hydrogens (primary N) is 1. The van der Waals surface area contributed by atoms with Crippen molar-refractivity contribution < 1.29 is 4.79 Å². The molecule has 0 spiro atoms. The molecule has 0 aromatic heterocycles. The van der Waals surface area contributed by atoms with Crippen molar-refractivity contribution in [1.29, 1.82) is 0 Å². The molecule has 2 rings (SSSR count). The summed E-state index contributed by atoms with van der Waals surface area (Å²) in [6.45, 7) is 6.67. The molecule has 0 aliphatic carbocycles. The van der Waals surface area contributed by atoms with Crippen LogP contribution in [0.1, 0.15) is 31.4 Å². The van der Waals surface area contributed by atoms with Gasteiger partial charge in [-0.1, -0.05) is 38.1 Å². The second-order valence-electron chi connectivity index (χ2n) is 5.88. The first-order chi connectivity index (χ1) is 9.56. The van der Waals surface area contributed by atoms with Crippen molar-refractivity contribution in [2.45, 2.75) is 45.3 Å². The molecule has 1 amide bonds. The minimum atomic E-state index is -0.278. The number of nitrogens with zero attached hydrogens (tertiary/aromatic N) is 1. The zero-order valence-corrected chi connectivity index (χ0v) is 12.4. The maximum atomic E-state index is 11.6. The van der Waals surface area contributed by atoms with Crippen LogP contribution in [-0.2, 0) is 17.8 Å². The fraction of sp³-hybridized carbons (Fsp3) is 0.562. The van der Waals surface area contributed by atoms with Crippen molar-refractivity contribution in [3.8, 4) is 0 Å². The molecule has 0 fully saturated rings. The fourth-order valence-corrected chi connectivity index (χ4v) is 2.81. The minimum Gasteiger partial charge on any atom is -0.368 e. The number of nitrogens with one attached hydrogen (secondary N) is 1. The van der Waals surface area contributed by atoms with Gasteiger partial charge in [-0.05, 0) is 30.5 Å². The molecule has 4 heteroatoms. The Balaban J connectivity index is 2.04. The van der Waals surface area contributed by atoms with Crippen LogP contribution in [0.2, 0.25) is 0 Å². The molecular formula is C16H25N3O. The molecular weight excluding hydrogens is 250 g/mol. The van der Waals surface area contributed by atoms with Gasteiger partial charge in [-0.2, -0.15) is 0 Å². The second kappa shape index (κ2) is 6.86. The van der Waals surface area contributed by atoms with Gasteiger partial charge in [0.1, 0.15) is 0 Å². The monoisotopic (exact) mass is 275 g/mol. The van der Waals surface area contributed by atoms with Crippen molar-refractivity contribution in [1.82, 2.24) is 10.2 Å². The smallest absolute Gasteiger partial charge is 0.235 e. The lowest BCUT2D eigenvalue weighted by Gasteiger charge is -2.26. The zero-order chi connectivity index (χ0) is 14.5. The number of aryl methyl sites for hydroxylation is 1. The summed E-state index contributed by atoms with van der Waals surface area (Å²) in [5, 5.41) is 3.25. The molecule has 0 saturated carbocycles. The van der Waals surface area contributed by atoms with Gasteiger partial charge in [0.2, 0.25) is 5.91 Å². The minimum absolute atomic E-state index is 0.256. The molecule has 20 heavy (non-hydrogen) atoms. The Morgan fingerprint density at radius 3 is 2.70 bits per heavy atom. The largest absolute Gasteiger partial charge is 0.368 e. The Morgan fingerprint density at radius 2 is 2.05 bits per heavy atom. The van der Waals surface area contributed by atoms with Crippen LogP contribution in [0.25, 0.3) is 0 Å². The van der Waals surface area contributed by atoms with E-state index in [2.05, 4.69) is 34.5 Å². The molecule has 0 radical (unpaired) electrons. The van der Waals surface area contributed by atoms with E-state index in [1.807, 2.05) is 13.8 Å². The van der Waals surface area contributed by atoms with Gasteiger partial charge in [0.15, 0.2) is 0 Å². The lowest BCUT2D eigenvalue weighted by atomic mass is 10.0. The molecule has 1 aromatic rings. The van der Waals surface area contributed by atoms with Crippen LogP contribution in [0.15, 0.2) is 24.3 Å². The lowest BCUT2D eigenvalue weighted by molar-refractivity contribution is -0.120. The molecule has 0 saturated heterocycles. The highest BCUT2D eigenvalue weighted by Gasteiger charge is 2.22. The quantitative estimate of drug-likeness (QED) is 0.851. The van der Waals surface area contributed by atoms with Crippen molar-refractivity contribution in [3.05, 3.63) is 35.4 Å². The summed E-state index contributed by atoms with van der Waals surface area (Å²) in [7, 11) is 0. The molecule has 0 bridgehead atoms. The summed E-state index contributed by atoms with van der Waals surface area (Å²) in [6.07, 6.45) is 2.25. The highest BCUT2D eigenvalue weighted by atomic mass is 16.1. The molecule has 4 nitrogen and oxygen atoms in total. The predicted octanol–water partition coefficient (Wildman–Crippen LogP) is 1.29. The summed E-state index contributed by atoms with van der Waals surface area (Å²) in [5.74, 6) is -0.267. The number of fused-ring (bicyclic) bond motifs is 1. The summed E-state index contributed by atoms with van der Waals surface area (Å²) in [6, 6.07) is 8.55. The van der Waals surface area contributed by atoms with E-state index in [0.29, 0.717) is 6.54 Å². The number of rotatable bonds is 5. The van der Waals surface area contributed by atoms with E-state index in [-0.39, 0.29) is 18.0 Å². The van der Waals surface area contributed by atoms with Gasteiger partial charge < -0.3 is 11.1 Å². The third kappa shape index (κ3) is 4.05. The topological polar surface area (TPSA) is 58.4 Å². The van der Waals surface area contributed by atoms with Gasteiger partial charge >= 0.3 is 0 Å². The lowest BCUT2D eigenvalue weighted by Crippen LogP contribution is -2.51. The van der Waals surface area contributed by atoms with Crippen molar-refractivity contribution in [2.75, 3.05) is 13.1 Å². The SMILES string of the molecule is CC(C)NC(CN1CCCc2ccccc2C1)C(N)=O. The molecule has 1 aromatic carbocycles. The third-order valence-corrected chi connectivity index (χ3v) is 3.75. The van der Waals surface area contributed by atoms with Crippen LogP contribution in [-0.4, -0.2) is 36.0 Å². The van der Waals surface area contributed by atoms with Crippen LogP contribution in [0.5, 0.6) is 0 Å². The van der Waals surface area contributed by atoms with Crippen molar-refractivity contribution >= 4 is 5.91 Å². The molecule has 1 aliphatic rings. The van der Waals surface area contributed by atoms with Gasteiger partial charge in [0.05, 0.1) is 6.04 Å². The number of hydrogen-bond acceptors (Lipinski definition) is 3. The number of carbonyl (C=O) groups is 1. The van der Waals surface area contributed by atoms with E-state index in [9.17, 15) is 4.79 Å². The first-order valence-corrected chi connectivity index (χ1v) is 7.40. The number of carbonyl (C=O) groups excluding carboxylic acids is 1. The number of hydrogen-bond donors (Lipinski definition) is 2. The molecule has 1 unspecified atom stereocenters. The Morgan fingerprint density at radius 1 is 1.35 bits per heavy atom. The van der Waals surface area contributed by atoms with Gasteiger partial charge in [-0.15, -0.1) is 0 Å². The molecule has 110 valence electrons. The average Bonchev–Trinajstić information content (AvgIpc) is 2.58. The zero-order valence-electron chi connectivity index (χ0n) is 12.4. The molecule has 1 heterocycles. The van der Waals surface area contributed by atoms with Crippen LogP contribution in [0.4, 0.5) is 0 Å². The van der Waals surface area contributed by atoms with Gasteiger partial charge in [0.25, 0.3) is 0 Å². The fourth-order valence-electron chi connectivity index (χ4n) is 2.81. The Hall–Kier alpha value is -1.39. The Bertz CT molecular complexity index is 459. The number of primary amides is 1. The highest BCUT2D eigenvalue weighted by Crippen LogP contribution is 2.18. The van der Waals surface area contributed by atoms with Crippen molar-refractivity contribution in [3.63, 3.8) is 0 Å². The first kappa shape index (κ1) is 15.0. The third-order valence-electron chi connectivity index (χ3n) is 3.75. The van der Waals surface area contributed by atoms with E-state index >= 15 is 0 Å². The number of benzene rings is 1. The second-order valence-corrected chi connectivity index (χ2v) is 5.88. The Labute approximate surface area is 121 Å². The Kier molecular flexibility index (Phi) is 5.15. The first-order valence-electron chi connectivity index (χ1n) is 7.40. The maximum Gasteiger partial charge on any atom is 0.235 e. The van der Waals surface area contributed by atoms with Gasteiger partial charge in [0, 0.05) is 19.1 Å². The van der Waals surface area contributed by atoms with Crippen LogP contribution < -0.4 is 11.1 Å². The normalized spacial score (nSPS) is 17.6. The molecule has 3 N–H and O–H groups in total. The maximum absolute atomic E-state index is 11.6. The molecule has 1 atom stereocenters. The molecule has 1 aliphatic heterocycles. The van der Waals surface area contributed by atoms with E-state index in [4.69, 9.17) is 5.73 Å². The van der Waals surface area contributed by atoms with Gasteiger partial charge in [-0.25, -0.2) is 0 Å². The number of amides is 1. The summed E-state index contributed by atoms with van der Waals surface area (Å²) in [5.41, 5.74) is 8.31. The average molecular weight is 275 g/mol. The van der Waals surface area contributed by atoms with E-state index in [0.717, 1.165) is 25.9 Å². The van der Waals surface area contributed by atoms with Crippen LogP contribution in [0.3, 0.4) is 0 Å².